The summed E-state index contributed by atoms with van der Waals surface area (Å²) in [6.07, 6.45) is 0.881. The lowest BCUT2D eigenvalue weighted by Gasteiger charge is -2.21. The first kappa shape index (κ1) is 22.3. The van der Waals surface area contributed by atoms with E-state index in [9.17, 15) is 13.2 Å². The third-order valence-electron chi connectivity index (χ3n) is 4.73. The van der Waals surface area contributed by atoms with Crippen LogP contribution in [0.15, 0.2) is 58.6 Å². The fourth-order valence-corrected chi connectivity index (χ4v) is 4.85. The highest BCUT2D eigenvalue weighted by Gasteiger charge is 2.23. The molecule has 2 aromatic carbocycles. The van der Waals surface area contributed by atoms with E-state index in [4.69, 9.17) is 5.14 Å². The third kappa shape index (κ3) is 5.03. The molecule has 0 aliphatic rings. The first-order valence-corrected chi connectivity index (χ1v) is 12.1. The standard InChI is InChI=1S/C21H26N4O3S2/c1-4-12-25-19-11-10-17(30(22,27)28)13-18(19)23-21(25)29-15(2)20(26)24(3)14-16-8-6-5-7-9-16/h5-11,13,15H,4,12,14H2,1-3H3,(H2,22,27,28)/t15-/m0/s1. The second-order valence-electron chi connectivity index (χ2n) is 7.18. The van der Waals surface area contributed by atoms with Gasteiger partial charge < -0.3 is 9.47 Å². The minimum Gasteiger partial charge on any atom is -0.340 e. The molecule has 0 radical (unpaired) electrons. The first-order chi connectivity index (χ1) is 14.2. The van der Waals surface area contributed by atoms with Crippen molar-refractivity contribution in [1.82, 2.24) is 14.5 Å². The molecule has 0 aliphatic carbocycles. The van der Waals surface area contributed by atoms with Gasteiger partial charge in [0.2, 0.25) is 15.9 Å². The van der Waals surface area contributed by atoms with E-state index >= 15 is 0 Å². The molecule has 9 heteroatoms. The summed E-state index contributed by atoms with van der Waals surface area (Å²) in [7, 11) is -2.01. The van der Waals surface area contributed by atoms with Gasteiger partial charge in [0, 0.05) is 20.1 Å². The maximum absolute atomic E-state index is 12.9. The Hall–Kier alpha value is -2.36. The highest BCUT2D eigenvalue weighted by atomic mass is 32.2. The Morgan fingerprint density at radius 1 is 1.23 bits per heavy atom. The lowest BCUT2D eigenvalue weighted by Crippen LogP contribution is -2.33. The van der Waals surface area contributed by atoms with Crippen LogP contribution in [0.1, 0.15) is 25.8 Å². The molecule has 3 rings (SSSR count). The zero-order chi connectivity index (χ0) is 21.9. The van der Waals surface area contributed by atoms with Crippen LogP contribution in [-0.2, 0) is 27.9 Å². The molecule has 0 unspecified atom stereocenters. The number of carbonyl (C=O) groups is 1. The van der Waals surface area contributed by atoms with Gasteiger partial charge in [0.15, 0.2) is 5.16 Å². The highest BCUT2D eigenvalue weighted by Crippen LogP contribution is 2.29. The molecule has 0 bridgehead atoms. The van der Waals surface area contributed by atoms with Crippen molar-refractivity contribution in [3.05, 3.63) is 54.1 Å². The molecule has 0 saturated carbocycles. The molecule has 160 valence electrons. The number of aromatic nitrogens is 2. The molecule has 1 heterocycles. The topological polar surface area (TPSA) is 98.3 Å². The van der Waals surface area contributed by atoms with E-state index in [1.54, 1.807) is 18.0 Å². The zero-order valence-corrected chi connectivity index (χ0v) is 18.9. The van der Waals surface area contributed by atoms with Gasteiger partial charge in [0.1, 0.15) is 0 Å². The molecule has 0 aliphatic heterocycles. The molecule has 1 amide bonds. The second kappa shape index (κ2) is 9.20. The lowest BCUT2D eigenvalue weighted by atomic mass is 10.2. The number of imidazole rings is 1. The van der Waals surface area contributed by atoms with E-state index in [2.05, 4.69) is 11.9 Å². The van der Waals surface area contributed by atoms with Gasteiger partial charge in [-0.15, -0.1) is 0 Å². The minimum absolute atomic E-state index is 0.00387. The predicted molar refractivity (Wildman–Crippen MR) is 120 cm³/mol. The molecule has 2 N–H and O–H groups in total. The number of thioether (sulfide) groups is 1. The van der Waals surface area contributed by atoms with Crippen LogP contribution >= 0.6 is 11.8 Å². The van der Waals surface area contributed by atoms with Crippen molar-refractivity contribution in [2.24, 2.45) is 5.14 Å². The van der Waals surface area contributed by atoms with E-state index in [0.29, 0.717) is 23.8 Å². The Balaban J connectivity index is 1.84. The Bertz CT molecular complexity index is 1140. The summed E-state index contributed by atoms with van der Waals surface area (Å²) in [6.45, 7) is 5.17. The molecular formula is C21H26N4O3S2. The van der Waals surface area contributed by atoms with Crippen molar-refractivity contribution in [3.63, 3.8) is 0 Å². The van der Waals surface area contributed by atoms with Crippen LogP contribution in [0.25, 0.3) is 11.0 Å². The van der Waals surface area contributed by atoms with Gasteiger partial charge in [-0.2, -0.15) is 0 Å². The molecule has 0 fully saturated rings. The highest BCUT2D eigenvalue weighted by molar-refractivity contribution is 8.00. The molecule has 3 aromatic rings. The van der Waals surface area contributed by atoms with Crippen LogP contribution < -0.4 is 5.14 Å². The molecule has 30 heavy (non-hydrogen) atoms. The van der Waals surface area contributed by atoms with Gasteiger partial charge in [0.25, 0.3) is 0 Å². The largest absolute Gasteiger partial charge is 0.340 e. The van der Waals surface area contributed by atoms with Crippen molar-refractivity contribution in [2.75, 3.05) is 7.05 Å². The van der Waals surface area contributed by atoms with Crippen LogP contribution in [0.2, 0.25) is 0 Å². The van der Waals surface area contributed by atoms with Crippen LogP contribution in [0, 0.1) is 0 Å². The third-order valence-corrected chi connectivity index (χ3v) is 6.72. The van der Waals surface area contributed by atoms with Crippen molar-refractivity contribution < 1.29 is 13.2 Å². The quantitative estimate of drug-likeness (QED) is 0.536. The number of hydrogen-bond acceptors (Lipinski definition) is 5. The summed E-state index contributed by atoms with van der Waals surface area (Å²) < 4.78 is 25.4. The average Bonchev–Trinajstić information content (AvgIpc) is 3.04. The number of nitrogens with two attached hydrogens (primary N) is 1. The van der Waals surface area contributed by atoms with Crippen molar-refractivity contribution >= 4 is 38.7 Å². The van der Waals surface area contributed by atoms with E-state index in [-0.39, 0.29) is 16.1 Å². The predicted octanol–water partition coefficient (Wildman–Crippen LogP) is 3.23. The number of primary sulfonamides is 1. The van der Waals surface area contributed by atoms with Crippen LogP contribution in [0.5, 0.6) is 0 Å². The van der Waals surface area contributed by atoms with Crippen LogP contribution in [0.3, 0.4) is 0 Å². The molecular weight excluding hydrogens is 420 g/mol. The van der Waals surface area contributed by atoms with Crippen molar-refractivity contribution in [1.29, 1.82) is 0 Å². The maximum Gasteiger partial charge on any atom is 0.238 e. The van der Waals surface area contributed by atoms with E-state index in [0.717, 1.165) is 17.5 Å². The fraction of sp³-hybridized carbons (Fsp3) is 0.333. The number of nitrogens with zero attached hydrogens (tertiary/aromatic N) is 3. The van der Waals surface area contributed by atoms with Crippen molar-refractivity contribution in [2.45, 2.75) is 48.7 Å². The number of rotatable bonds is 8. The smallest absolute Gasteiger partial charge is 0.238 e. The summed E-state index contributed by atoms with van der Waals surface area (Å²) in [4.78, 5) is 19.2. The van der Waals surface area contributed by atoms with Gasteiger partial charge >= 0.3 is 0 Å². The van der Waals surface area contributed by atoms with Crippen LogP contribution in [0.4, 0.5) is 0 Å². The number of benzene rings is 2. The number of amides is 1. The Morgan fingerprint density at radius 3 is 2.57 bits per heavy atom. The second-order valence-corrected chi connectivity index (χ2v) is 10.1. The van der Waals surface area contributed by atoms with E-state index in [1.165, 1.54) is 23.9 Å². The summed E-state index contributed by atoms with van der Waals surface area (Å²) in [5.41, 5.74) is 2.44. The Kier molecular flexibility index (Phi) is 6.84. The molecule has 7 nitrogen and oxygen atoms in total. The summed E-state index contributed by atoms with van der Waals surface area (Å²) >= 11 is 1.38. The van der Waals surface area contributed by atoms with Gasteiger partial charge in [-0.3, -0.25) is 4.79 Å². The number of carbonyl (C=O) groups excluding carboxylic acids is 1. The average molecular weight is 447 g/mol. The first-order valence-electron chi connectivity index (χ1n) is 9.69. The molecule has 0 spiro atoms. The molecule has 1 atom stereocenters. The molecule has 0 saturated heterocycles. The van der Waals surface area contributed by atoms with E-state index < -0.39 is 10.0 Å². The summed E-state index contributed by atoms with van der Waals surface area (Å²) in [5.74, 6) is 0.00387. The number of fused-ring (bicyclic) bond motifs is 1. The fourth-order valence-electron chi connectivity index (χ4n) is 3.25. The number of aryl methyl sites for hydroxylation is 1. The SMILES string of the molecule is CCCn1c(S[C@@H](C)C(=O)N(C)Cc2ccccc2)nc2cc(S(N)(=O)=O)ccc21. The van der Waals surface area contributed by atoms with Crippen molar-refractivity contribution in [3.8, 4) is 0 Å². The van der Waals surface area contributed by atoms with Gasteiger partial charge in [0.05, 0.1) is 21.2 Å². The lowest BCUT2D eigenvalue weighted by molar-refractivity contribution is -0.129. The maximum atomic E-state index is 12.9. The molecule has 1 aromatic heterocycles. The minimum atomic E-state index is -3.80. The Morgan fingerprint density at radius 2 is 1.93 bits per heavy atom. The summed E-state index contributed by atoms with van der Waals surface area (Å²) in [5, 5.41) is 5.59. The Labute approximate surface area is 181 Å². The van der Waals surface area contributed by atoms with Gasteiger partial charge in [-0.25, -0.2) is 18.5 Å². The van der Waals surface area contributed by atoms with E-state index in [1.807, 2.05) is 41.8 Å². The normalized spacial score (nSPS) is 12.8. The zero-order valence-electron chi connectivity index (χ0n) is 17.3. The van der Waals surface area contributed by atoms with Crippen LogP contribution in [-0.4, -0.2) is 41.1 Å². The monoisotopic (exact) mass is 446 g/mol. The number of sulfonamides is 1. The van der Waals surface area contributed by atoms with Gasteiger partial charge in [-0.05, 0) is 37.1 Å². The summed E-state index contributed by atoms with van der Waals surface area (Å²) in [6, 6.07) is 14.5. The number of hydrogen-bond donors (Lipinski definition) is 1. The van der Waals surface area contributed by atoms with Gasteiger partial charge in [-0.1, -0.05) is 49.0 Å².